The standard InChI is InChI=1S/C4H2BrF5O/c5-4(9,10)11-2-1-3(6,7)8/h1-2H/b2-1-. The fraction of sp³-hybridized carbons (Fsp3) is 0.500. The maximum atomic E-state index is 11.6. The van der Waals surface area contributed by atoms with Crippen LogP contribution in [0.1, 0.15) is 0 Å². The van der Waals surface area contributed by atoms with Gasteiger partial charge in [-0.1, -0.05) is 0 Å². The van der Waals surface area contributed by atoms with Gasteiger partial charge in [0.25, 0.3) is 0 Å². The van der Waals surface area contributed by atoms with E-state index >= 15 is 0 Å². The van der Waals surface area contributed by atoms with E-state index in [1.54, 1.807) is 15.9 Å². The lowest BCUT2D eigenvalue weighted by atomic mass is 10.6. The number of allylic oxidation sites excluding steroid dienone is 1. The molecule has 7 heteroatoms. The Labute approximate surface area is 67.0 Å². The van der Waals surface area contributed by atoms with Crippen molar-refractivity contribution in [2.24, 2.45) is 0 Å². The quantitative estimate of drug-likeness (QED) is 0.410. The van der Waals surface area contributed by atoms with Gasteiger partial charge in [0.2, 0.25) is 0 Å². The molecule has 0 N–H and O–H groups in total. The lowest BCUT2D eigenvalue weighted by Gasteiger charge is -2.05. The van der Waals surface area contributed by atoms with E-state index < -0.39 is 17.3 Å². The van der Waals surface area contributed by atoms with E-state index in [4.69, 9.17) is 0 Å². The average Bonchev–Trinajstić information content (AvgIpc) is 1.55. The van der Waals surface area contributed by atoms with Gasteiger partial charge in [-0.25, -0.2) is 0 Å². The maximum absolute atomic E-state index is 11.6. The Balaban J connectivity index is 3.80. The fourth-order valence-corrected chi connectivity index (χ4v) is 0.296. The van der Waals surface area contributed by atoms with Gasteiger partial charge in [-0.05, 0) is 0 Å². The lowest BCUT2D eigenvalue weighted by molar-refractivity contribution is -0.120. The first-order valence-electron chi connectivity index (χ1n) is 2.20. The van der Waals surface area contributed by atoms with Crippen molar-refractivity contribution in [2.45, 2.75) is 11.2 Å². The third-order valence-corrected chi connectivity index (χ3v) is 0.646. The summed E-state index contributed by atoms with van der Waals surface area (Å²) in [6, 6.07) is 0. The molecule has 0 aromatic rings. The molecular formula is C4H2BrF5O. The monoisotopic (exact) mass is 240 g/mol. The molecule has 0 saturated carbocycles. The number of hydrogen-bond donors (Lipinski definition) is 0. The highest BCUT2D eigenvalue weighted by Gasteiger charge is 2.27. The van der Waals surface area contributed by atoms with Gasteiger partial charge in [-0.15, -0.1) is 0 Å². The van der Waals surface area contributed by atoms with Gasteiger partial charge in [0, 0.05) is 15.9 Å². The predicted octanol–water partition coefficient (Wildman–Crippen LogP) is 3.02. The zero-order valence-electron chi connectivity index (χ0n) is 4.83. The van der Waals surface area contributed by atoms with Crippen molar-refractivity contribution in [3.8, 4) is 0 Å². The van der Waals surface area contributed by atoms with Crippen LogP contribution in [0.15, 0.2) is 12.3 Å². The van der Waals surface area contributed by atoms with E-state index in [0.29, 0.717) is 0 Å². The van der Waals surface area contributed by atoms with E-state index in [-0.39, 0.29) is 6.26 Å². The minimum Gasteiger partial charge on any atom is -0.432 e. The molecule has 0 rings (SSSR count). The summed E-state index contributed by atoms with van der Waals surface area (Å²) in [7, 11) is 0. The third-order valence-electron chi connectivity index (χ3n) is 0.459. The maximum Gasteiger partial charge on any atom is 0.458 e. The van der Waals surface area contributed by atoms with Gasteiger partial charge < -0.3 is 4.74 Å². The second kappa shape index (κ2) is 3.38. The number of hydrogen-bond acceptors (Lipinski definition) is 1. The molecule has 0 aliphatic rings. The molecule has 0 aliphatic carbocycles. The summed E-state index contributed by atoms with van der Waals surface area (Å²) in [4.78, 5) is 0. The van der Waals surface area contributed by atoms with Crippen molar-refractivity contribution in [3.05, 3.63) is 12.3 Å². The van der Waals surface area contributed by atoms with Crippen LogP contribution >= 0.6 is 15.9 Å². The molecule has 11 heavy (non-hydrogen) atoms. The van der Waals surface area contributed by atoms with Crippen LogP contribution in [0.5, 0.6) is 0 Å². The van der Waals surface area contributed by atoms with Crippen LogP contribution in [0.3, 0.4) is 0 Å². The van der Waals surface area contributed by atoms with Crippen molar-refractivity contribution in [2.75, 3.05) is 0 Å². The largest absolute Gasteiger partial charge is 0.458 e. The van der Waals surface area contributed by atoms with Crippen molar-refractivity contribution < 1.29 is 26.7 Å². The molecule has 0 aliphatic heterocycles. The van der Waals surface area contributed by atoms with Crippen LogP contribution in [0.25, 0.3) is 0 Å². The van der Waals surface area contributed by atoms with Gasteiger partial charge in [-0.2, -0.15) is 22.0 Å². The van der Waals surface area contributed by atoms with Crippen LogP contribution in [0.2, 0.25) is 0 Å². The molecule has 0 aromatic heterocycles. The number of rotatable bonds is 2. The summed E-state index contributed by atoms with van der Waals surface area (Å²) in [5.74, 6) is 0. The Morgan fingerprint density at radius 3 is 1.82 bits per heavy atom. The lowest BCUT2D eigenvalue weighted by Crippen LogP contribution is -2.08. The van der Waals surface area contributed by atoms with Crippen molar-refractivity contribution in [1.29, 1.82) is 0 Å². The first-order chi connectivity index (χ1) is 4.71. The van der Waals surface area contributed by atoms with Gasteiger partial charge in [0.1, 0.15) is 0 Å². The normalized spacial score (nSPS) is 14.0. The number of alkyl halides is 6. The fourth-order valence-electron chi connectivity index (χ4n) is 0.188. The molecular weight excluding hydrogens is 239 g/mol. The van der Waals surface area contributed by atoms with E-state index in [1.807, 2.05) is 0 Å². The summed E-state index contributed by atoms with van der Waals surface area (Å²) < 4.78 is 60.0. The molecule has 0 radical (unpaired) electrons. The average molecular weight is 241 g/mol. The van der Waals surface area contributed by atoms with Crippen molar-refractivity contribution >= 4 is 15.9 Å². The van der Waals surface area contributed by atoms with Crippen molar-refractivity contribution in [3.63, 3.8) is 0 Å². The second-order valence-electron chi connectivity index (χ2n) is 1.41. The molecule has 0 atom stereocenters. The summed E-state index contributed by atoms with van der Waals surface area (Å²) in [5, 5.41) is -3.76. The van der Waals surface area contributed by atoms with Crippen LogP contribution in [0, 0.1) is 0 Å². The smallest absolute Gasteiger partial charge is 0.432 e. The van der Waals surface area contributed by atoms with E-state index in [0.717, 1.165) is 0 Å². The molecule has 0 fully saturated rings. The molecule has 0 aromatic carbocycles. The van der Waals surface area contributed by atoms with E-state index in [2.05, 4.69) is 4.74 Å². The number of ether oxygens (including phenoxy) is 1. The minimum atomic E-state index is -4.64. The van der Waals surface area contributed by atoms with E-state index in [9.17, 15) is 22.0 Å². The zero-order chi connectivity index (χ0) is 9.12. The Morgan fingerprint density at radius 1 is 1.09 bits per heavy atom. The zero-order valence-corrected chi connectivity index (χ0v) is 6.42. The molecule has 0 spiro atoms. The van der Waals surface area contributed by atoms with Crippen LogP contribution in [-0.4, -0.2) is 11.2 Å². The van der Waals surface area contributed by atoms with Crippen LogP contribution < -0.4 is 0 Å². The van der Waals surface area contributed by atoms with Gasteiger partial charge in [0.05, 0.1) is 12.3 Å². The second-order valence-corrected chi connectivity index (χ2v) is 2.33. The van der Waals surface area contributed by atoms with Crippen molar-refractivity contribution in [1.82, 2.24) is 0 Å². The summed E-state index contributed by atoms with van der Waals surface area (Å²) >= 11 is 1.67. The molecule has 0 heterocycles. The van der Waals surface area contributed by atoms with E-state index in [1.165, 1.54) is 0 Å². The topological polar surface area (TPSA) is 9.23 Å². The predicted molar refractivity (Wildman–Crippen MR) is 30.2 cm³/mol. The summed E-state index contributed by atoms with van der Waals surface area (Å²) in [6.45, 7) is 0. The molecule has 0 bridgehead atoms. The van der Waals surface area contributed by atoms with Gasteiger partial charge in [0.15, 0.2) is 0 Å². The highest BCUT2D eigenvalue weighted by atomic mass is 79.9. The Kier molecular flexibility index (Phi) is 3.28. The highest BCUT2D eigenvalue weighted by molar-refractivity contribution is 9.09. The highest BCUT2D eigenvalue weighted by Crippen LogP contribution is 2.24. The van der Waals surface area contributed by atoms with Crippen LogP contribution in [0.4, 0.5) is 22.0 Å². The van der Waals surface area contributed by atoms with Crippen LogP contribution in [-0.2, 0) is 4.74 Å². The molecule has 0 amide bonds. The molecule has 0 saturated heterocycles. The third kappa shape index (κ3) is 9.67. The summed E-state index contributed by atoms with van der Waals surface area (Å²) in [6.07, 6.45) is -5.21. The van der Waals surface area contributed by atoms with Gasteiger partial charge in [-0.3, -0.25) is 0 Å². The summed E-state index contributed by atoms with van der Waals surface area (Å²) in [5.41, 5.74) is 0. The first kappa shape index (κ1) is 10.7. The number of halogens is 6. The molecule has 0 unspecified atom stereocenters. The Bertz CT molecular complexity index is 146. The Hall–Kier alpha value is -0.330. The SMILES string of the molecule is FC(F)(F)/C=C\OC(F)(F)Br. The minimum absolute atomic E-state index is 0.130. The Morgan fingerprint density at radius 2 is 1.55 bits per heavy atom. The van der Waals surface area contributed by atoms with Gasteiger partial charge >= 0.3 is 11.2 Å². The molecule has 1 nitrogen and oxygen atoms in total. The molecule has 66 valence electrons. The first-order valence-corrected chi connectivity index (χ1v) is 2.99.